The van der Waals surface area contributed by atoms with Gasteiger partial charge in [0.2, 0.25) is 5.91 Å². The van der Waals surface area contributed by atoms with Gasteiger partial charge in [-0.05, 0) is 31.7 Å². The summed E-state index contributed by atoms with van der Waals surface area (Å²) in [4.78, 5) is 13.9. The van der Waals surface area contributed by atoms with Crippen LogP contribution in [0.2, 0.25) is 0 Å². The Hall–Kier alpha value is -1.36. The summed E-state index contributed by atoms with van der Waals surface area (Å²) in [5, 5.41) is 7.93. The second-order valence-corrected chi connectivity index (χ2v) is 5.77. The van der Waals surface area contributed by atoms with Crippen molar-refractivity contribution in [2.24, 2.45) is 0 Å². The van der Waals surface area contributed by atoms with E-state index in [1.165, 1.54) is 0 Å². The first-order chi connectivity index (χ1) is 10.2. The number of hydrogen-bond donors (Lipinski definition) is 1. The summed E-state index contributed by atoms with van der Waals surface area (Å²) in [6.45, 7) is 7.74. The molecule has 1 fully saturated rings. The summed E-state index contributed by atoms with van der Waals surface area (Å²) >= 11 is 0. The molecule has 5 nitrogen and oxygen atoms in total. The van der Waals surface area contributed by atoms with Crippen molar-refractivity contribution in [1.29, 1.82) is 0 Å². The Morgan fingerprint density at radius 1 is 1.33 bits per heavy atom. The number of likely N-dealkylation sites (tertiary alicyclic amines) is 1. The zero-order valence-electron chi connectivity index (χ0n) is 13.3. The van der Waals surface area contributed by atoms with E-state index in [1.54, 1.807) is 0 Å². The number of nitrogens with zero attached hydrogens (tertiary/aromatic N) is 3. The standard InChI is InChI=1S/C16H28N4O/c1-3-15(4-2)20-12-8-14(18-20)13-17-9-7-16(21)19-10-5-6-11-19/h8,12,15,17H,3-7,9-11,13H2,1-2H3. The van der Waals surface area contributed by atoms with Gasteiger partial charge in [-0.25, -0.2) is 0 Å². The quantitative estimate of drug-likeness (QED) is 0.748. The summed E-state index contributed by atoms with van der Waals surface area (Å²) in [5.74, 6) is 0.280. The lowest BCUT2D eigenvalue weighted by Crippen LogP contribution is -2.30. The van der Waals surface area contributed by atoms with Crippen molar-refractivity contribution in [2.45, 2.75) is 58.5 Å². The molecule has 1 saturated heterocycles. The van der Waals surface area contributed by atoms with Gasteiger partial charge in [0, 0.05) is 38.8 Å². The van der Waals surface area contributed by atoms with Crippen LogP contribution in [0, 0.1) is 0 Å². The molecule has 1 amide bonds. The highest BCUT2D eigenvalue weighted by Gasteiger charge is 2.16. The number of nitrogens with one attached hydrogen (secondary N) is 1. The number of carbonyl (C=O) groups excluding carboxylic acids is 1. The molecule has 118 valence electrons. The van der Waals surface area contributed by atoms with Gasteiger partial charge in [-0.3, -0.25) is 9.48 Å². The lowest BCUT2D eigenvalue weighted by Gasteiger charge is -2.15. The van der Waals surface area contributed by atoms with Gasteiger partial charge in [0.05, 0.1) is 11.7 Å². The highest BCUT2D eigenvalue weighted by Crippen LogP contribution is 2.14. The monoisotopic (exact) mass is 292 g/mol. The minimum atomic E-state index is 0.280. The van der Waals surface area contributed by atoms with Gasteiger partial charge in [0.1, 0.15) is 0 Å². The molecule has 0 atom stereocenters. The van der Waals surface area contributed by atoms with E-state index in [2.05, 4.69) is 41.2 Å². The smallest absolute Gasteiger partial charge is 0.223 e. The number of carbonyl (C=O) groups is 1. The van der Waals surface area contributed by atoms with Gasteiger partial charge < -0.3 is 10.2 Å². The van der Waals surface area contributed by atoms with E-state index in [-0.39, 0.29) is 5.91 Å². The second-order valence-electron chi connectivity index (χ2n) is 5.77. The Kier molecular flexibility index (Phi) is 6.23. The minimum absolute atomic E-state index is 0.280. The maximum Gasteiger partial charge on any atom is 0.223 e. The summed E-state index contributed by atoms with van der Waals surface area (Å²) in [6.07, 6.45) is 7.18. The van der Waals surface area contributed by atoms with Crippen molar-refractivity contribution in [3.05, 3.63) is 18.0 Å². The molecular formula is C16H28N4O. The first-order valence-electron chi connectivity index (χ1n) is 8.27. The zero-order chi connectivity index (χ0) is 15.1. The maximum absolute atomic E-state index is 11.9. The largest absolute Gasteiger partial charge is 0.343 e. The van der Waals surface area contributed by atoms with E-state index < -0.39 is 0 Å². The molecule has 1 aliphatic heterocycles. The predicted molar refractivity (Wildman–Crippen MR) is 84.0 cm³/mol. The van der Waals surface area contributed by atoms with Crippen LogP contribution in [-0.4, -0.2) is 40.2 Å². The summed E-state index contributed by atoms with van der Waals surface area (Å²) in [5.41, 5.74) is 1.05. The number of rotatable bonds is 8. The van der Waals surface area contributed by atoms with Crippen LogP contribution in [0.3, 0.4) is 0 Å². The first-order valence-corrected chi connectivity index (χ1v) is 8.27. The SMILES string of the molecule is CCC(CC)n1ccc(CNCCC(=O)N2CCCC2)n1. The lowest BCUT2D eigenvalue weighted by atomic mass is 10.2. The predicted octanol–water partition coefficient (Wildman–Crippen LogP) is 2.35. The molecule has 1 N–H and O–H groups in total. The maximum atomic E-state index is 11.9. The molecule has 0 bridgehead atoms. The zero-order valence-corrected chi connectivity index (χ0v) is 13.3. The third-order valence-corrected chi connectivity index (χ3v) is 4.26. The van der Waals surface area contributed by atoms with E-state index in [9.17, 15) is 4.79 Å². The molecule has 0 radical (unpaired) electrons. The Bertz CT molecular complexity index is 433. The Labute approximate surface area is 127 Å². The second kappa shape index (κ2) is 8.17. The normalized spacial score (nSPS) is 15.1. The van der Waals surface area contributed by atoms with E-state index in [4.69, 9.17) is 0 Å². The minimum Gasteiger partial charge on any atom is -0.343 e. The van der Waals surface area contributed by atoms with Crippen molar-refractivity contribution in [1.82, 2.24) is 20.0 Å². The van der Waals surface area contributed by atoms with E-state index in [0.717, 1.165) is 57.6 Å². The van der Waals surface area contributed by atoms with Gasteiger partial charge in [0.15, 0.2) is 0 Å². The van der Waals surface area contributed by atoms with Gasteiger partial charge >= 0.3 is 0 Å². The van der Waals surface area contributed by atoms with E-state index in [0.29, 0.717) is 12.5 Å². The summed E-state index contributed by atoms with van der Waals surface area (Å²) < 4.78 is 2.06. The van der Waals surface area contributed by atoms with Crippen LogP contribution in [0.25, 0.3) is 0 Å². The van der Waals surface area contributed by atoms with Gasteiger partial charge in [-0.15, -0.1) is 0 Å². The fraction of sp³-hybridized carbons (Fsp3) is 0.750. The van der Waals surface area contributed by atoms with Crippen LogP contribution in [0.15, 0.2) is 12.3 Å². The Balaban J connectivity index is 1.67. The van der Waals surface area contributed by atoms with Gasteiger partial charge in [-0.1, -0.05) is 13.8 Å². The van der Waals surface area contributed by atoms with Crippen LogP contribution in [0.1, 0.15) is 57.7 Å². The molecule has 21 heavy (non-hydrogen) atoms. The molecule has 0 aliphatic carbocycles. The molecule has 1 aromatic heterocycles. The topological polar surface area (TPSA) is 50.2 Å². The molecule has 0 spiro atoms. The molecule has 5 heteroatoms. The molecule has 1 aromatic rings. The molecule has 0 saturated carbocycles. The van der Waals surface area contributed by atoms with Crippen molar-refractivity contribution < 1.29 is 4.79 Å². The highest BCUT2D eigenvalue weighted by molar-refractivity contribution is 5.76. The molecule has 1 aliphatic rings. The summed E-state index contributed by atoms with van der Waals surface area (Å²) in [7, 11) is 0. The average Bonchev–Trinajstić information content (AvgIpc) is 3.16. The fourth-order valence-electron chi connectivity index (χ4n) is 2.87. The van der Waals surface area contributed by atoms with Crippen LogP contribution >= 0.6 is 0 Å². The van der Waals surface area contributed by atoms with Crippen LogP contribution in [-0.2, 0) is 11.3 Å². The molecule has 2 heterocycles. The molecule has 0 aromatic carbocycles. The molecule has 2 rings (SSSR count). The third kappa shape index (κ3) is 4.56. The van der Waals surface area contributed by atoms with Crippen molar-refractivity contribution >= 4 is 5.91 Å². The number of hydrogen-bond acceptors (Lipinski definition) is 3. The van der Waals surface area contributed by atoms with Gasteiger partial charge in [0.25, 0.3) is 0 Å². The van der Waals surface area contributed by atoms with Crippen LogP contribution in [0.5, 0.6) is 0 Å². The molecule has 0 unspecified atom stereocenters. The van der Waals surface area contributed by atoms with Crippen molar-refractivity contribution in [2.75, 3.05) is 19.6 Å². The van der Waals surface area contributed by atoms with E-state index in [1.807, 2.05) is 4.90 Å². The third-order valence-electron chi connectivity index (χ3n) is 4.26. The van der Waals surface area contributed by atoms with Crippen molar-refractivity contribution in [3.8, 4) is 0 Å². The van der Waals surface area contributed by atoms with Gasteiger partial charge in [-0.2, -0.15) is 5.10 Å². The number of amides is 1. The number of aromatic nitrogens is 2. The van der Waals surface area contributed by atoms with Crippen molar-refractivity contribution in [3.63, 3.8) is 0 Å². The van der Waals surface area contributed by atoms with Crippen LogP contribution in [0.4, 0.5) is 0 Å². The Morgan fingerprint density at radius 2 is 2.05 bits per heavy atom. The molecular weight excluding hydrogens is 264 g/mol. The average molecular weight is 292 g/mol. The van der Waals surface area contributed by atoms with Crippen LogP contribution < -0.4 is 5.32 Å². The first kappa shape index (κ1) is 16.0. The fourth-order valence-corrected chi connectivity index (χ4v) is 2.87. The highest BCUT2D eigenvalue weighted by atomic mass is 16.2. The summed E-state index contributed by atoms with van der Waals surface area (Å²) in [6, 6.07) is 2.56. The Morgan fingerprint density at radius 3 is 2.71 bits per heavy atom. The van der Waals surface area contributed by atoms with E-state index >= 15 is 0 Å². The lowest BCUT2D eigenvalue weighted by molar-refractivity contribution is -0.130.